The van der Waals surface area contributed by atoms with Crippen molar-refractivity contribution in [3.05, 3.63) is 22.9 Å². The minimum atomic E-state index is -0.425. The van der Waals surface area contributed by atoms with Crippen LogP contribution in [0.15, 0.2) is 22.9 Å². The smallest absolute Gasteiger partial charge is 0.411 e. The van der Waals surface area contributed by atoms with E-state index in [1.165, 1.54) is 0 Å². The first-order valence-corrected chi connectivity index (χ1v) is 6.46. The Morgan fingerprint density at radius 3 is 3.06 bits per heavy atom. The SMILES string of the molecule is CCCC(C)COC(=O)Nc1ccnc(Br)c1. The first-order valence-electron chi connectivity index (χ1n) is 5.67. The van der Waals surface area contributed by atoms with E-state index in [1.807, 2.05) is 0 Å². The number of anilines is 1. The van der Waals surface area contributed by atoms with Crippen LogP contribution in [0.25, 0.3) is 0 Å². The van der Waals surface area contributed by atoms with Crippen LogP contribution in [0, 0.1) is 5.92 Å². The van der Waals surface area contributed by atoms with Gasteiger partial charge >= 0.3 is 6.09 Å². The Labute approximate surface area is 110 Å². The first-order chi connectivity index (χ1) is 8.11. The molecule has 0 aromatic carbocycles. The summed E-state index contributed by atoms with van der Waals surface area (Å²) in [6.07, 6.45) is 3.35. The van der Waals surface area contributed by atoms with Gasteiger partial charge in [-0.1, -0.05) is 20.3 Å². The van der Waals surface area contributed by atoms with Crippen LogP contribution in [0.5, 0.6) is 0 Å². The molecule has 0 saturated heterocycles. The van der Waals surface area contributed by atoms with E-state index in [0.29, 0.717) is 22.8 Å². The molecule has 1 amide bonds. The van der Waals surface area contributed by atoms with Gasteiger partial charge in [-0.3, -0.25) is 5.32 Å². The standard InChI is InChI=1S/C12H17BrN2O2/c1-3-4-9(2)8-17-12(16)15-10-5-6-14-11(13)7-10/h5-7,9H,3-4,8H2,1-2H3,(H,14,15,16). The summed E-state index contributed by atoms with van der Waals surface area (Å²) in [5, 5.41) is 2.65. The van der Waals surface area contributed by atoms with Crippen molar-refractivity contribution in [2.45, 2.75) is 26.7 Å². The lowest BCUT2D eigenvalue weighted by atomic mass is 10.1. The third-order valence-corrected chi connectivity index (χ3v) is 2.69. The number of rotatable bonds is 5. The molecule has 0 bridgehead atoms. The van der Waals surface area contributed by atoms with Crippen molar-refractivity contribution in [1.29, 1.82) is 0 Å². The predicted octanol–water partition coefficient (Wildman–Crippen LogP) is 3.83. The molecule has 1 aromatic heterocycles. The highest BCUT2D eigenvalue weighted by Crippen LogP contribution is 2.13. The summed E-state index contributed by atoms with van der Waals surface area (Å²) >= 11 is 3.23. The molecule has 0 aliphatic carbocycles. The second kappa shape index (κ2) is 7.27. The molecule has 1 atom stereocenters. The van der Waals surface area contributed by atoms with E-state index in [1.54, 1.807) is 18.3 Å². The number of nitrogens with one attached hydrogen (secondary N) is 1. The van der Waals surface area contributed by atoms with Crippen LogP contribution in [0.3, 0.4) is 0 Å². The average Bonchev–Trinajstić information content (AvgIpc) is 2.27. The topological polar surface area (TPSA) is 51.2 Å². The highest BCUT2D eigenvalue weighted by molar-refractivity contribution is 9.10. The number of hydrogen-bond donors (Lipinski definition) is 1. The maximum atomic E-state index is 11.5. The number of pyridine rings is 1. The normalized spacial score (nSPS) is 11.9. The lowest BCUT2D eigenvalue weighted by Gasteiger charge is -2.11. The van der Waals surface area contributed by atoms with Gasteiger partial charge in [0.25, 0.3) is 0 Å². The molecule has 94 valence electrons. The van der Waals surface area contributed by atoms with E-state index in [0.717, 1.165) is 12.8 Å². The molecule has 0 aliphatic rings. The number of carbonyl (C=O) groups excluding carboxylic acids is 1. The monoisotopic (exact) mass is 300 g/mol. The largest absolute Gasteiger partial charge is 0.449 e. The third-order valence-electron chi connectivity index (χ3n) is 2.25. The van der Waals surface area contributed by atoms with Gasteiger partial charge in [0.15, 0.2) is 0 Å². The zero-order chi connectivity index (χ0) is 12.7. The van der Waals surface area contributed by atoms with Gasteiger partial charge < -0.3 is 4.74 Å². The fourth-order valence-corrected chi connectivity index (χ4v) is 1.79. The zero-order valence-corrected chi connectivity index (χ0v) is 11.7. The fourth-order valence-electron chi connectivity index (χ4n) is 1.43. The third kappa shape index (κ3) is 5.68. The predicted molar refractivity (Wildman–Crippen MR) is 71.0 cm³/mol. The Hall–Kier alpha value is -1.10. The summed E-state index contributed by atoms with van der Waals surface area (Å²) in [6, 6.07) is 3.43. The maximum Gasteiger partial charge on any atom is 0.411 e. The number of amides is 1. The Kier molecular flexibility index (Phi) is 5.97. The quantitative estimate of drug-likeness (QED) is 0.841. The number of halogens is 1. The van der Waals surface area contributed by atoms with Gasteiger partial charge in [-0.05, 0) is 40.4 Å². The van der Waals surface area contributed by atoms with Crippen LogP contribution < -0.4 is 5.32 Å². The number of hydrogen-bond acceptors (Lipinski definition) is 3. The second-order valence-corrected chi connectivity index (χ2v) is 4.80. The highest BCUT2D eigenvalue weighted by atomic mass is 79.9. The van der Waals surface area contributed by atoms with E-state index in [2.05, 4.69) is 40.1 Å². The van der Waals surface area contributed by atoms with E-state index in [9.17, 15) is 4.79 Å². The van der Waals surface area contributed by atoms with Crippen molar-refractivity contribution in [2.75, 3.05) is 11.9 Å². The lowest BCUT2D eigenvalue weighted by molar-refractivity contribution is 0.142. The first kappa shape index (κ1) is 14.0. The molecule has 0 fully saturated rings. The molecule has 1 aromatic rings. The Morgan fingerprint density at radius 2 is 2.41 bits per heavy atom. The summed E-state index contributed by atoms with van der Waals surface area (Å²) < 4.78 is 5.79. The molecule has 5 heteroatoms. The molecule has 0 spiro atoms. The lowest BCUT2D eigenvalue weighted by Crippen LogP contribution is -2.17. The molecule has 0 aliphatic heterocycles. The van der Waals surface area contributed by atoms with Crippen LogP contribution >= 0.6 is 15.9 Å². The van der Waals surface area contributed by atoms with Gasteiger partial charge in [-0.2, -0.15) is 0 Å². The number of carbonyl (C=O) groups is 1. The minimum absolute atomic E-state index is 0.398. The Bertz CT molecular complexity index is 371. The van der Waals surface area contributed by atoms with Gasteiger partial charge in [0.05, 0.1) is 6.61 Å². The molecule has 17 heavy (non-hydrogen) atoms. The van der Waals surface area contributed by atoms with E-state index < -0.39 is 6.09 Å². The molecule has 4 nitrogen and oxygen atoms in total. The van der Waals surface area contributed by atoms with Crippen LogP contribution in [0.1, 0.15) is 26.7 Å². The minimum Gasteiger partial charge on any atom is -0.449 e. The summed E-state index contributed by atoms with van der Waals surface area (Å²) in [6.45, 7) is 4.64. The Morgan fingerprint density at radius 1 is 1.65 bits per heavy atom. The van der Waals surface area contributed by atoms with Gasteiger partial charge in [0.2, 0.25) is 0 Å². The summed E-state index contributed by atoms with van der Waals surface area (Å²) in [7, 11) is 0. The van der Waals surface area contributed by atoms with Crippen molar-refractivity contribution in [2.24, 2.45) is 5.92 Å². The molecule has 1 N–H and O–H groups in total. The van der Waals surface area contributed by atoms with Crippen molar-refractivity contribution in [3.8, 4) is 0 Å². The summed E-state index contributed by atoms with van der Waals surface area (Å²) in [4.78, 5) is 15.4. The molecule has 1 rings (SSSR count). The second-order valence-electron chi connectivity index (χ2n) is 3.98. The highest BCUT2D eigenvalue weighted by Gasteiger charge is 2.07. The molecule has 1 heterocycles. The van der Waals surface area contributed by atoms with Gasteiger partial charge in [-0.15, -0.1) is 0 Å². The van der Waals surface area contributed by atoms with Gasteiger partial charge in [0.1, 0.15) is 4.60 Å². The molecule has 1 unspecified atom stereocenters. The number of nitrogens with zero attached hydrogens (tertiary/aromatic N) is 1. The maximum absolute atomic E-state index is 11.5. The van der Waals surface area contributed by atoms with Gasteiger partial charge in [-0.25, -0.2) is 9.78 Å². The van der Waals surface area contributed by atoms with Crippen molar-refractivity contribution < 1.29 is 9.53 Å². The van der Waals surface area contributed by atoms with Crippen LogP contribution in [0.4, 0.5) is 10.5 Å². The van der Waals surface area contributed by atoms with E-state index in [-0.39, 0.29) is 0 Å². The Balaban J connectivity index is 2.34. The van der Waals surface area contributed by atoms with E-state index in [4.69, 9.17) is 4.74 Å². The van der Waals surface area contributed by atoms with Crippen molar-refractivity contribution in [1.82, 2.24) is 4.98 Å². The number of ether oxygens (including phenoxy) is 1. The van der Waals surface area contributed by atoms with Crippen LogP contribution in [-0.2, 0) is 4.74 Å². The molecular formula is C12H17BrN2O2. The molecule has 0 radical (unpaired) electrons. The van der Waals surface area contributed by atoms with Crippen LogP contribution in [0.2, 0.25) is 0 Å². The molecule has 0 saturated carbocycles. The van der Waals surface area contributed by atoms with E-state index >= 15 is 0 Å². The number of aromatic nitrogens is 1. The summed E-state index contributed by atoms with van der Waals surface area (Å²) in [5.74, 6) is 0.398. The summed E-state index contributed by atoms with van der Waals surface area (Å²) in [5.41, 5.74) is 0.667. The van der Waals surface area contributed by atoms with Crippen molar-refractivity contribution in [3.63, 3.8) is 0 Å². The van der Waals surface area contributed by atoms with Crippen molar-refractivity contribution >= 4 is 27.7 Å². The average molecular weight is 301 g/mol. The van der Waals surface area contributed by atoms with Gasteiger partial charge in [0, 0.05) is 11.9 Å². The fraction of sp³-hybridized carbons (Fsp3) is 0.500. The molecular weight excluding hydrogens is 284 g/mol. The zero-order valence-electron chi connectivity index (χ0n) is 10.1. The van der Waals surface area contributed by atoms with Crippen LogP contribution in [-0.4, -0.2) is 17.7 Å².